The van der Waals surface area contributed by atoms with Crippen LogP contribution in [-0.4, -0.2) is 49.5 Å². The number of rotatable bonds is 6. The molecular weight excluding hydrogens is 270 g/mol. The SMILES string of the molecule is CCNC(=NCC1(O)CCOCC1)NCCc1ccco1. The molecule has 6 heteroatoms. The molecule has 118 valence electrons. The molecule has 0 unspecified atom stereocenters. The molecule has 1 saturated heterocycles. The van der Waals surface area contributed by atoms with E-state index in [-0.39, 0.29) is 0 Å². The zero-order chi connectivity index (χ0) is 15.0. The summed E-state index contributed by atoms with van der Waals surface area (Å²) < 4.78 is 10.6. The van der Waals surface area contributed by atoms with E-state index < -0.39 is 5.60 Å². The van der Waals surface area contributed by atoms with Crippen LogP contribution < -0.4 is 10.6 Å². The third-order valence-electron chi connectivity index (χ3n) is 3.54. The number of nitrogens with one attached hydrogen (secondary N) is 2. The van der Waals surface area contributed by atoms with E-state index in [0.717, 1.165) is 31.2 Å². The summed E-state index contributed by atoms with van der Waals surface area (Å²) in [4.78, 5) is 4.49. The van der Waals surface area contributed by atoms with Crippen LogP contribution in [0.15, 0.2) is 27.8 Å². The molecule has 6 nitrogen and oxygen atoms in total. The topological polar surface area (TPSA) is 79.0 Å². The van der Waals surface area contributed by atoms with Gasteiger partial charge in [-0.25, -0.2) is 0 Å². The zero-order valence-electron chi connectivity index (χ0n) is 12.6. The second-order valence-electron chi connectivity index (χ2n) is 5.29. The first-order valence-corrected chi connectivity index (χ1v) is 7.56. The van der Waals surface area contributed by atoms with Crippen molar-refractivity contribution in [3.05, 3.63) is 24.2 Å². The minimum absolute atomic E-state index is 0.395. The van der Waals surface area contributed by atoms with Crippen LogP contribution in [0.25, 0.3) is 0 Å². The van der Waals surface area contributed by atoms with Crippen molar-refractivity contribution in [2.24, 2.45) is 4.99 Å². The van der Waals surface area contributed by atoms with Gasteiger partial charge >= 0.3 is 0 Å². The summed E-state index contributed by atoms with van der Waals surface area (Å²) in [5.41, 5.74) is -0.735. The van der Waals surface area contributed by atoms with E-state index in [0.29, 0.717) is 32.6 Å². The molecule has 3 N–H and O–H groups in total. The van der Waals surface area contributed by atoms with Gasteiger partial charge in [-0.15, -0.1) is 0 Å². The van der Waals surface area contributed by atoms with Gasteiger partial charge in [-0.05, 0) is 19.1 Å². The molecule has 0 radical (unpaired) electrons. The maximum atomic E-state index is 10.4. The first kappa shape index (κ1) is 15.9. The Morgan fingerprint density at radius 2 is 2.19 bits per heavy atom. The minimum Gasteiger partial charge on any atom is -0.469 e. The monoisotopic (exact) mass is 295 g/mol. The first-order valence-electron chi connectivity index (χ1n) is 7.56. The summed E-state index contributed by atoms with van der Waals surface area (Å²) in [5.74, 6) is 1.67. The van der Waals surface area contributed by atoms with Gasteiger partial charge in [0.2, 0.25) is 0 Å². The van der Waals surface area contributed by atoms with E-state index in [2.05, 4.69) is 15.6 Å². The molecule has 2 rings (SSSR count). The number of guanidine groups is 1. The Bertz CT molecular complexity index is 425. The predicted octanol–water partition coefficient (Wildman–Crippen LogP) is 0.919. The lowest BCUT2D eigenvalue weighted by atomic mass is 9.95. The van der Waals surface area contributed by atoms with Crippen LogP contribution >= 0.6 is 0 Å². The van der Waals surface area contributed by atoms with Gasteiger partial charge in [0.05, 0.1) is 18.4 Å². The average Bonchev–Trinajstić information content (AvgIpc) is 2.99. The lowest BCUT2D eigenvalue weighted by molar-refractivity contribution is -0.0565. The summed E-state index contributed by atoms with van der Waals surface area (Å²) in [7, 11) is 0. The summed E-state index contributed by atoms with van der Waals surface area (Å²) in [5, 5.41) is 16.8. The predicted molar refractivity (Wildman–Crippen MR) is 81.4 cm³/mol. The Hall–Kier alpha value is -1.53. The Balaban J connectivity index is 1.80. The molecule has 2 heterocycles. The van der Waals surface area contributed by atoms with Gasteiger partial charge in [-0.2, -0.15) is 0 Å². The Morgan fingerprint density at radius 3 is 2.86 bits per heavy atom. The highest BCUT2D eigenvalue weighted by atomic mass is 16.5. The third kappa shape index (κ3) is 5.40. The normalized spacial score (nSPS) is 18.5. The van der Waals surface area contributed by atoms with Crippen LogP contribution in [-0.2, 0) is 11.2 Å². The third-order valence-corrected chi connectivity index (χ3v) is 3.54. The molecule has 1 aromatic rings. The van der Waals surface area contributed by atoms with E-state index in [1.54, 1.807) is 6.26 Å². The number of hydrogen-bond acceptors (Lipinski definition) is 4. The first-order chi connectivity index (χ1) is 10.2. The van der Waals surface area contributed by atoms with Gasteiger partial charge in [0, 0.05) is 45.6 Å². The van der Waals surface area contributed by atoms with Gasteiger partial charge in [-0.1, -0.05) is 0 Å². The highest BCUT2D eigenvalue weighted by Gasteiger charge is 2.29. The second-order valence-corrected chi connectivity index (χ2v) is 5.29. The number of aliphatic imine (C=N–C) groups is 1. The zero-order valence-corrected chi connectivity index (χ0v) is 12.6. The van der Waals surface area contributed by atoms with Crippen molar-refractivity contribution in [2.45, 2.75) is 31.8 Å². The van der Waals surface area contributed by atoms with E-state index in [4.69, 9.17) is 9.15 Å². The van der Waals surface area contributed by atoms with Crippen LogP contribution in [0.1, 0.15) is 25.5 Å². The van der Waals surface area contributed by atoms with E-state index >= 15 is 0 Å². The van der Waals surface area contributed by atoms with Crippen LogP contribution in [0.4, 0.5) is 0 Å². The quantitative estimate of drug-likeness (QED) is 0.537. The average molecular weight is 295 g/mol. The minimum atomic E-state index is -0.735. The highest BCUT2D eigenvalue weighted by molar-refractivity contribution is 5.79. The van der Waals surface area contributed by atoms with Crippen LogP contribution in [0.5, 0.6) is 0 Å². The van der Waals surface area contributed by atoms with E-state index in [1.807, 2.05) is 19.1 Å². The number of ether oxygens (including phenoxy) is 1. The van der Waals surface area contributed by atoms with Crippen molar-refractivity contribution < 1.29 is 14.3 Å². The summed E-state index contributed by atoms with van der Waals surface area (Å²) in [6, 6.07) is 3.84. The Kier molecular flexibility index (Phi) is 6.07. The number of aliphatic hydroxyl groups is 1. The summed E-state index contributed by atoms with van der Waals surface area (Å²) >= 11 is 0. The van der Waals surface area contributed by atoms with Crippen LogP contribution in [0, 0.1) is 0 Å². The van der Waals surface area contributed by atoms with E-state index in [9.17, 15) is 5.11 Å². The lowest BCUT2D eigenvalue weighted by Crippen LogP contribution is -2.43. The summed E-state index contributed by atoms with van der Waals surface area (Å²) in [6.45, 7) is 5.15. The Morgan fingerprint density at radius 1 is 1.38 bits per heavy atom. The molecular formula is C15H25N3O3. The maximum Gasteiger partial charge on any atom is 0.191 e. The van der Waals surface area contributed by atoms with Gasteiger partial charge in [0.1, 0.15) is 5.76 Å². The highest BCUT2D eigenvalue weighted by Crippen LogP contribution is 2.20. The van der Waals surface area contributed by atoms with Gasteiger partial charge in [-0.3, -0.25) is 4.99 Å². The number of nitrogens with zero attached hydrogens (tertiary/aromatic N) is 1. The number of hydrogen-bond donors (Lipinski definition) is 3. The molecule has 0 bridgehead atoms. The van der Waals surface area contributed by atoms with Crippen LogP contribution in [0.3, 0.4) is 0 Å². The largest absolute Gasteiger partial charge is 0.469 e. The van der Waals surface area contributed by atoms with Crippen molar-refractivity contribution in [2.75, 3.05) is 32.8 Å². The molecule has 0 amide bonds. The molecule has 0 aliphatic carbocycles. The van der Waals surface area contributed by atoms with Crippen molar-refractivity contribution in [3.8, 4) is 0 Å². The van der Waals surface area contributed by atoms with Crippen molar-refractivity contribution >= 4 is 5.96 Å². The summed E-state index contributed by atoms with van der Waals surface area (Å²) in [6.07, 6.45) is 3.76. The van der Waals surface area contributed by atoms with Crippen molar-refractivity contribution in [3.63, 3.8) is 0 Å². The standard InChI is InChI=1S/C15H25N3O3/c1-2-16-14(17-8-5-13-4-3-9-21-13)18-12-15(19)6-10-20-11-7-15/h3-4,9,19H,2,5-8,10-12H2,1H3,(H2,16,17,18). The van der Waals surface area contributed by atoms with Crippen molar-refractivity contribution in [1.29, 1.82) is 0 Å². The molecule has 21 heavy (non-hydrogen) atoms. The van der Waals surface area contributed by atoms with E-state index in [1.165, 1.54) is 0 Å². The molecule has 1 aliphatic rings. The molecule has 1 fully saturated rings. The molecule has 0 aromatic carbocycles. The fourth-order valence-corrected chi connectivity index (χ4v) is 2.24. The van der Waals surface area contributed by atoms with Crippen LogP contribution in [0.2, 0.25) is 0 Å². The van der Waals surface area contributed by atoms with Gasteiger partial charge in [0.25, 0.3) is 0 Å². The maximum absolute atomic E-state index is 10.4. The molecule has 0 saturated carbocycles. The molecule has 1 aromatic heterocycles. The smallest absolute Gasteiger partial charge is 0.191 e. The fraction of sp³-hybridized carbons (Fsp3) is 0.667. The van der Waals surface area contributed by atoms with Gasteiger partial charge in [0.15, 0.2) is 5.96 Å². The molecule has 0 atom stereocenters. The fourth-order valence-electron chi connectivity index (χ4n) is 2.24. The Labute approximate surface area is 125 Å². The number of furan rings is 1. The van der Waals surface area contributed by atoms with Gasteiger partial charge < -0.3 is 24.9 Å². The molecule has 0 spiro atoms. The molecule has 1 aliphatic heterocycles. The second kappa shape index (κ2) is 8.05. The van der Waals surface area contributed by atoms with Crippen molar-refractivity contribution in [1.82, 2.24) is 10.6 Å². The lowest BCUT2D eigenvalue weighted by Gasteiger charge is -2.30.